The van der Waals surface area contributed by atoms with Crippen molar-refractivity contribution in [1.82, 2.24) is 4.98 Å². The molecule has 0 saturated heterocycles. The molecule has 0 aliphatic heterocycles. The van der Waals surface area contributed by atoms with Crippen LogP contribution in [0.4, 0.5) is 0 Å². The highest BCUT2D eigenvalue weighted by molar-refractivity contribution is 5.09. The van der Waals surface area contributed by atoms with Gasteiger partial charge in [-0.25, -0.2) is 0 Å². The van der Waals surface area contributed by atoms with Crippen LogP contribution in [0.3, 0.4) is 0 Å². The molecule has 0 bridgehead atoms. The molecule has 1 heteroatoms. The third kappa shape index (κ3) is 14.3. The van der Waals surface area contributed by atoms with E-state index in [-0.39, 0.29) is 0 Å². The average Bonchev–Trinajstić information content (AvgIpc) is 2.64. The molecular formula is C25H45N. The fourth-order valence-electron chi connectivity index (χ4n) is 3.77. The van der Waals surface area contributed by atoms with Gasteiger partial charge in [-0.1, -0.05) is 116 Å². The van der Waals surface area contributed by atoms with Gasteiger partial charge >= 0.3 is 0 Å². The van der Waals surface area contributed by atoms with Gasteiger partial charge in [-0.05, 0) is 31.9 Å². The van der Waals surface area contributed by atoms with Crippen LogP contribution in [-0.4, -0.2) is 4.98 Å². The summed E-state index contributed by atoms with van der Waals surface area (Å²) >= 11 is 0. The molecule has 1 heterocycles. The zero-order valence-corrected chi connectivity index (χ0v) is 17.9. The summed E-state index contributed by atoms with van der Waals surface area (Å²) in [5, 5.41) is 0. The highest BCUT2D eigenvalue weighted by Gasteiger charge is 1.97. The lowest BCUT2D eigenvalue weighted by Gasteiger charge is -2.04. The van der Waals surface area contributed by atoms with Crippen LogP contribution in [0.2, 0.25) is 0 Å². The molecule has 0 fully saturated rings. The summed E-state index contributed by atoms with van der Waals surface area (Å²) in [6.07, 6.45) is 25.6. The molecule has 1 rings (SSSR count). The van der Waals surface area contributed by atoms with Crippen molar-refractivity contribution in [3.05, 3.63) is 29.6 Å². The second kappa shape index (κ2) is 17.6. The minimum Gasteiger partial charge on any atom is -0.258 e. The Morgan fingerprint density at radius 2 is 1.00 bits per heavy atom. The molecule has 0 aliphatic rings. The van der Waals surface area contributed by atoms with E-state index in [2.05, 4.69) is 37.0 Å². The van der Waals surface area contributed by atoms with Gasteiger partial charge < -0.3 is 0 Å². The van der Waals surface area contributed by atoms with Gasteiger partial charge in [-0.15, -0.1) is 0 Å². The van der Waals surface area contributed by atoms with Crippen LogP contribution in [0.1, 0.15) is 127 Å². The second-order valence-corrected chi connectivity index (χ2v) is 8.18. The van der Waals surface area contributed by atoms with E-state index in [1.807, 2.05) is 0 Å². The Bertz CT molecular complexity index is 412. The van der Waals surface area contributed by atoms with Gasteiger partial charge in [0.25, 0.3) is 0 Å². The van der Waals surface area contributed by atoms with Crippen molar-refractivity contribution in [2.75, 3.05) is 0 Å². The maximum absolute atomic E-state index is 4.58. The second-order valence-electron chi connectivity index (χ2n) is 8.18. The lowest BCUT2D eigenvalue weighted by atomic mass is 10.0. The molecule has 0 saturated carbocycles. The summed E-state index contributed by atoms with van der Waals surface area (Å²) in [7, 11) is 0. The van der Waals surface area contributed by atoms with E-state index in [0.717, 1.165) is 12.1 Å². The smallest absolute Gasteiger partial charge is 0.0406 e. The lowest BCUT2D eigenvalue weighted by Crippen LogP contribution is -1.92. The van der Waals surface area contributed by atoms with E-state index in [9.17, 15) is 0 Å². The average molecular weight is 360 g/mol. The monoisotopic (exact) mass is 359 g/mol. The highest BCUT2D eigenvalue weighted by Crippen LogP contribution is 2.14. The van der Waals surface area contributed by atoms with Gasteiger partial charge in [0.05, 0.1) is 0 Å². The van der Waals surface area contributed by atoms with Crippen LogP contribution in [0.25, 0.3) is 0 Å². The van der Waals surface area contributed by atoms with E-state index in [1.54, 1.807) is 0 Å². The van der Waals surface area contributed by atoms with Crippen molar-refractivity contribution in [2.45, 2.75) is 129 Å². The molecule has 1 aromatic heterocycles. The van der Waals surface area contributed by atoms with Crippen molar-refractivity contribution >= 4 is 0 Å². The molecule has 0 aromatic carbocycles. The van der Waals surface area contributed by atoms with E-state index in [4.69, 9.17) is 0 Å². The first-order chi connectivity index (χ1) is 12.8. The maximum atomic E-state index is 4.58. The lowest BCUT2D eigenvalue weighted by molar-refractivity contribution is 0.527. The molecule has 1 aromatic rings. The number of unbranched alkanes of at least 4 members (excludes halogenated alkanes) is 16. The first-order valence-corrected chi connectivity index (χ1v) is 11.8. The van der Waals surface area contributed by atoms with Gasteiger partial charge in [0.15, 0.2) is 0 Å². The molecule has 1 nitrogen and oxygen atoms in total. The minimum absolute atomic E-state index is 1.15. The fourth-order valence-corrected chi connectivity index (χ4v) is 3.77. The van der Waals surface area contributed by atoms with Crippen LogP contribution in [-0.2, 0) is 6.42 Å². The highest BCUT2D eigenvalue weighted by atomic mass is 14.7. The predicted molar refractivity (Wildman–Crippen MR) is 117 cm³/mol. The number of rotatable bonds is 18. The first-order valence-electron chi connectivity index (χ1n) is 11.8. The van der Waals surface area contributed by atoms with E-state index >= 15 is 0 Å². The van der Waals surface area contributed by atoms with Crippen molar-refractivity contribution in [1.29, 1.82) is 0 Å². The van der Waals surface area contributed by atoms with Crippen LogP contribution < -0.4 is 0 Å². The van der Waals surface area contributed by atoms with E-state index in [0.29, 0.717) is 0 Å². The Morgan fingerprint density at radius 3 is 1.42 bits per heavy atom. The fraction of sp³-hybridized carbons (Fsp3) is 0.800. The number of hydrogen-bond acceptors (Lipinski definition) is 1. The third-order valence-electron chi connectivity index (χ3n) is 5.48. The first kappa shape index (κ1) is 23.2. The molecule has 0 N–H and O–H groups in total. The Labute approximate surface area is 164 Å². The van der Waals surface area contributed by atoms with Crippen LogP contribution in [0.15, 0.2) is 18.2 Å². The molecular weight excluding hydrogens is 314 g/mol. The van der Waals surface area contributed by atoms with Gasteiger partial charge in [-0.3, -0.25) is 4.98 Å². The number of nitrogens with zero attached hydrogens (tertiary/aromatic N) is 1. The summed E-state index contributed by atoms with van der Waals surface area (Å²) in [6, 6.07) is 6.38. The molecule has 26 heavy (non-hydrogen) atoms. The molecule has 0 radical (unpaired) electrons. The molecule has 0 atom stereocenters. The Morgan fingerprint density at radius 1 is 0.577 bits per heavy atom. The van der Waals surface area contributed by atoms with Gasteiger partial charge in [0.2, 0.25) is 0 Å². The van der Waals surface area contributed by atoms with Crippen LogP contribution in [0, 0.1) is 6.92 Å². The number of pyridine rings is 1. The van der Waals surface area contributed by atoms with Crippen LogP contribution >= 0.6 is 0 Å². The standard InChI is InChI=1S/C25H45N/c1-3-4-5-6-7-8-9-10-11-12-13-14-15-16-17-18-19-22-25-23-20-21-24(2)26-25/h20-21,23H,3-19,22H2,1-2H3. The van der Waals surface area contributed by atoms with Crippen molar-refractivity contribution in [2.24, 2.45) is 0 Å². The zero-order valence-electron chi connectivity index (χ0n) is 17.9. The summed E-state index contributed by atoms with van der Waals surface area (Å²) in [6.45, 7) is 4.38. The molecule has 0 aliphatic carbocycles. The summed E-state index contributed by atoms with van der Waals surface area (Å²) in [5.41, 5.74) is 2.42. The predicted octanol–water partition coefficient (Wildman–Crippen LogP) is 8.58. The maximum Gasteiger partial charge on any atom is 0.0406 e. The van der Waals surface area contributed by atoms with Crippen molar-refractivity contribution in [3.8, 4) is 0 Å². The third-order valence-corrected chi connectivity index (χ3v) is 5.48. The summed E-state index contributed by atoms with van der Waals surface area (Å²) in [5.74, 6) is 0. The van der Waals surface area contributed by atoms with Crippen molar-refractivity contribution in [3.63, 3.8) is 0 Å². The molecule has 150 valence electrons. The van der Waals surface area contributed by atoms with E-state index in [1.165, 1.54) is 115 Å². The number of aromatic nitrogens is 1. The SMILES string of the molecule is CCCCCCCCCCCCCCCCCCCc1cccc(C)n1. The van der Waals surface area contributed by atoms with Gasteiger partial charge in [0, 0.05) is 11.4 Å². The number of aryl methyl sites for hydroxylation is 2. The van der Waals surface area contributed by atoms with Gasteiger partial charge in [-0.2, -0.15) is 0 Å². The Hall–Kier alpha value is -0.850. The Balaban J connectivity index is 1.73. The quantitative estimate of drug-likeness (QED) is 0.239. The zero-order chi connectivity index (χ0) is 18.7. The van der Waals surface area contributed by atoms with Crippen LogP contribution in [0.5, 0.6) is 0 Å². The minimum atomic E-state index is 1.15. The topological polar surface area (TPSA) is 12.9 Å². The van der Waals surface area contributed by atoms with Gasteiger partial charge in [0.1, 0.15) is 0 Å². The van der Waals surface area contributed by atoms with Crippen molar-refractivity contribution < 1.29 is 0 Å². The Kier molecular flexibility index (Phi) is 15.7. The molecule has 0 unspecified atom stereocenters. The number of hydrogen-bond donors (Lipinski definition) is 0. The molecule has 0 spiro atoms. The summed E-state index contributed by atoms with van der Waals surface area (Å²) in [4.78, 5) is 4.58. The largest absolute Gasteiger partial charge is 0.258 e. The van der Waals surface area contributed by atoms with E-state index < -0.39 is 0 Å². The summed E-state index contributed by atoms with van der Waals surface area (Å²) < 4.78 is 0. The normalized spacial score (nSPS) is 11.2. The molecule has 0 amide bonds.